The number of halogens is 1. The number of likely N-dealkylation sites (N-methyl/N-ethyl adjacent to an activating group) is 1. The highest BCUT2D eigenvalue weighted by Crippen LogP contribution is 2.35. The number of morpholine rings is 1. The molecule has 176 valence electrons. The summed E-state index contributed by atoms with van der Waals surface area (Å²) in [6.45, 7) is 2.05. The van der Waals surface area contributed by atoms with E-state index in [-0.39, 0.29) is 17.9 Å². The first kappa shape index (κ1) is 23.7. The molecule has 6 nitrogen and oxygen atoms in total. The second-order valence-corrected chi connectivity index (χ2v) is 9.60. The van der Waals surface area contributed by atoms with Crippen molar-refractivity contribution < 1.29 is 14.3 Å². The van der Waals surface area contributed by atoms with Crippen molar-refractivity contribution in [2.75, 3.05) is 39.1 Å². The SMILES string of the molecule is CN1CCO[C@@H](C(=O)Nc2ccc(C3CCC(N(C)C(=O)c4ccc(Cl)cc4)CC3)cc2)C1. The van der Waals surface area contributed by atoms with Crippen LogP contribution < -0.4 is 5.32 Å². The largest absolute Gasteiger partial charge is 0.366 e. The Balaban J connectivity index is 1.28. The van der Waals surface area contributed by atoms with Crippen LogP contribution in [0.1, 0.15) is 47.5 Å². The lowest BCUT2D eigenvalue weighted by Crippen LogP contribution is -2.46. The van der Waals surface area contributed by atoms with Gasteiger partial charge in [-0.05, 0) is 80.6 Å². The number of hydrogen-bond acceptors (Lipinski definition) is 4. The Morgan fingerprint density at radius 3 is 2.33 bits per heavy atom. The molecule has 33 heavy (non-hydrogen) atoms. The Morgan fingerprint density at radius 2 is 1.70 bits per heavy atom. The lowest BCUT2D eigenvalue weighted by atomic mass is 9.81. The molecule has 2 aliphatic rings. The number of benzene rings is 2. The Kier molecular flexibility index (Phi) is 7.68. The summed E-state index contributed by atoms with van der Waals surface area (Å²) in [5.41, 5.74) is 2.75. The third kappa shape index (κ3) is 5.94. The number of carbonyl (C=O) groups is 2. The zero-order valence-corrected chi connectivity index (χ0v) is 20.1. The van der Waals surface area contributed by atoms with Crippen molar-refractivity contribution in [3.63, 3.8) is 0 Å². The Bertz CT molecular complexity index is 956. The van der Waals surface area contributed by atoms with Crippen LogP contribution in [0.3, 0.4) is 0 Å². The lowest BCUT2D eigenvalue weighted by molar-refractivity contribution is -0.132. The van der Waals surface area contributed by atoms with Gasteiger partial charge in [-0.2, -0.15) is 0 Å². The first-order chi connectivity index (χ1) is 15.9. The summed E-state index contributed by atoms with van der Waals surface area (Å²) in [7, 11) is 3.89. The minimum absolute atomic E-state index is 0.0448. The van der Waals surface area contributed by atoms with Gasteiger partial charge in [-0.3, -0.25) is 9.59 Å². The van der Waals surface area contributed by atoms with Crippen LogP contribution in [-0.2, 0) is 9.53 Å². The number of nitrogens with zero attached hydrogens (tertiary/aromatic N) is 2. The number of anilines is 1. The number of nitrogens with one attached hydrogen (secondary N) is 1. The first-order valence-corrected chi connectivity index (χ1v) is 12.0. The topological polar surface area (TPSA) is 61.9 Å². The van der Waals surface area contributed by atoms with Gasteiger partial charge in [0.25, 0.3) is 11.8 Å². The molecule has 1 saturated heterocycles. The smallest absolute Gasteiger partial charge is 0.254 e. The number of amides is 2. The van der Waals surface area contributed by atoms with Gasteiger partial charge in [-0.15, -0.1) is 0 Å². The Morgan fingerprint density at radius 1 is 1.03 bits per heavy atom. The summed E-state index contributed by atoms with van der Waals surface area (Å²) in [5.74, 6) is 0.423. The number of ether oxygens (including phenoxy) is 1. The molecule has 2 aromatic rings. The molecule has 4 rings (SSSR count). The molecule has 1 N–H and O–H groups in total. The lowest BCUT2D eigenvalue weighted by Gasteiger charge is -2.35. The number of rotatable bonds is 5. The fourth-order valence-corrected chi connectivity index (χ4v) is 4.88. The number of hydrogen-bond donors (Lipinski definition) is 1. The molecule has 0 spiro atoms. The van der Waals surface area contributed by atoms with Gasteiger partial charge in [0.1, 0.15) is 6.10 Å². The van der Waals surface area contributed by atoms with E-state index in [0.717, 1.165) is 37.9 Å². The Hall–Kier alpha value is -2.41. The fraction of sp³-hybridized carbons (Fsp3) is 0.462. The van der Waals surface area contributed by atoms with Crippen LogP contribution in [-0.4, -0.2) is 67.6 Å². The average Bonchev–Trinajstić information content (AvgIpc) is 2.84. The predicted molar refractivity (Wildman–Crippen MR) is 131 cm³/mol. The van der Waals surface area contributed by atoms with Crippen LogP contribution in [0, 0.1) is 0 Å². The van der Waals surface area contributed by atoms with E-state index in [1.807, 2.05) is 31.1 Å². The normalized spacial score (nSPS) is 23.7. The van der Waals surface area contributed by atoms with Gasteiger partial charge in [0.15, 0.2) is 0 Å². The predicted octanol–water partition coefficient (Wildman–Crippen LogP) is 4.41. The van der Waals surface area contributed by atoms with E-state index in [2.05, 4.69) is 22.3 Å². The second-order valence-electron chi connectivity index (χ2n) is 9.16. The summed E-state index contributed by atoms with van der Waals surface area (Å²) in [6, 6.07) is 15.5. The highest BCUT2D eigenvalue weighted by molar-refractivity contribution is 6.30. The first-order valence-electron chi connectivity index (χ1n) is 11.6. The van der Waals surface area contributed by atoms with Crippen molar-refractivity contribution >= 4 is 29.1 Å². The molecule has 1 heterocycles. The van der Waals surface area contributed by atoms with E-state index >= 15 is 0 Å². The molecule has 0 bridgehead atoms. The van der Waals surface area contributed by atoms with Crippen molar-refractivity contribution in [1.29, 1.82) is 0 Å². The van der Waals surface area contributed by atoms with E-state index in [0.29, 0.717) is 29.7 Å². The molecule has 1 aliphatic heterocycles. The van der Waals surface area contributed by atoms with Gasteiger partial charge in [-0.25, -0.2) is 0 Å². The van der Waals surface area contributed by atoms with E-state index in [1.165, 1.54) is 5.56 Å². The average molecular weight is 470 g/mol. The number of carbonyl (C=O) groups excluding carboxylic acids is 2. The standard InChI is InChI=1S/C26H32ClN3O3/c1-29-15-16-33-24(17-29)25(31)28-22-11-5-18(6-12-22)19-7-13-23(14-8-19)30(2)26(32)20-3-9-21(27)10-4-20/h3-6,9-12,19,23-24H,7-8,13-17H2,1-2H3,(H,28,31)/t19?,23?,24-/m1/s1. The molecule has 2 amide bonds. The summed E-state index contributed by atoms with van der Waals surface area (Å²) in [5, 5.41) is 3.61. The molecule has 2 aromatic carbocycles. The van der Waals surface area contributed by atoms with Gasteiger partial charge in [0.2, 0.25) is 0 Å². The molecular weight excluding hydrogens is 438 g/mol. The van der Waals surface area contributed by atoms with E-state index in [4.69, 9.17) is 16.3 Å². The van der Waals surface area contributed by atoms with Gasteiger partial charge in [-0.1, -0.05) is 23.7 Å². The van der Waals surface area contributed by atoms with Crippen molar-refractivity contribution in [1.82, 2.24) is 9.80 Å². The molecule has 7 heteroatoms. The van der Waals surface area contributed by atoms with Crippen LogP contribution >= 0.6 is 11.6 Å². The molecule has 0 radical (unpaired) electrons. The zero-order valence-electron chi connectivity index (χ0n) is 19.3. The molecule has 0 aromatic heterocycles. The highest BCUT2D eigenvalue weighted by Gasteiger charge is 2.28. The van der Waals surface area contributed by atoms with Crippen molar-refractivity contribution in [3.05, 3.63) is 64.7 Å². The summed E-state index contributed by atoms with van der Waals surface area (Å²) in [6.07, 6.45) is 3.61. The Labute approximate surface area is 200 Å². The van der Waals surface area contributed by atoms with E-state index in [1.54, 1.807) is 24.3 Å². The van der Waals surface area contributed by atoms with E-state index < -0.39 is 6.10 Å². The van der Waals surface area contributed by atoms with Crippen molar-refractivity contribution in [2.45, 2.75) is 43.7 Å². The molecule has 1 aliphatic carbocycles. The van der Waals surface area contributed by atoms with Crippen LogP contribution in [0.25, 0.3) is 0 Å². The monoisotopic (exact) mass is 469 g/mol. The van der Waals surface area contributed by atoms with Gasteiger partial charge < -0.3 is 19.9 Å². The molecule has 1 saturated carbocycles. The van der Waals surface area contributed by atoms with Crippen LogP contribution in [0.4, 0.5) is 5.69 Å². The molecule has 1 atom stereocenters. The summed E-state index contributed by atoms with van der Waals surface area (Å²) in [4.78, 5) is 29.3. The maximum atomic E-state index is 12.8. The van der Waals surface area contributed by atoms with Crippen molar-refractivity contribution in [3.8, 4) is 0 Å². The maximum Gasteiger partial charge on any atom is 0.254 e. The zero-order chi connectivity index (χ0) is 23.4. The second kappa shape index (κ2) is 10.7. The highest BCUT2D eigenvalue weighted by atomic mass is 35.5. The molecular formula is C26H32ClN3O3. The maximum absolute atomic E-state index is 12.8. The van der Waals surface area contributed by atoms with Crippen LogP contribution in [0.2, 0.25) is 5.02 Å². The summed E-state index contributed by atoms with van der Waals surface area (Å²) >= 11 is 5.94. The summed E-state index contributed by atoms with van der Waals surface area (Å²) < 4.78 is 5.59. The van der Waals surface area contributed by atoms with Gasteiger partial charge in [0, 0.05) is 42.5 Å². The van der Waals surface area contributed by atoms with Crippen LogP contribution in [0.15, 0.2) is 48.5 Å². The minimum atomic E-state index is -0.425. The third-order valence-electron chi connectivity index (χ3n) is 6.87. The van der Waals surface area contributed by atoms with Gasteiger partial charge in [0.05, 0.1) is 6.61 Å². The van der Waals surface area contributed by atoms with E-state index in [9.17, 15) is 9.59 Å². The molecule has 0 unspecified atom stereocenters. The van der Waals surface area contributed by atoms with Crippen molar-refractivity contribution in [2.24, 2.45) is 0 Å². The third-order valence-corrected chi connectivity index (χ3v) is 7.12. The molecule has 2 fully saturated rings. The fourth-order valence-electron chi connectivity index (χ4n) is 4.76. The van der Waals surface area contributed by atoms with Crippen LogP contribution in [0.5, 0.6) is 0 Å². The van der Waals surface area contributed by atoms with Gasteiger partial charge >= 0.3 is 0 Å². The quantitative estimate of drug-likeness (QED) is 0.704. The minimum Gasteiger partial charge on any atom is -0.366 e.